The van der Waals surface area contributed by atoms with Crippen LogP contribution in [0.4, 0.5) is 0 Å². The molecule has 3 atom stereocenters. The zero-order valence-electron chi connectivity index (χ0n) is 39.8. The van der Waals surface area contributed by atoms with Gasteiger partial charge in [0.15, 0.2) is 6.10 Å². The summed E-state index contributed by atoms with van der Waals surface area (Å²) in [6.45, 7) is 2.25. The Kier molecular flexibility index (Phi) is 45.4. The third kappa shape index (κ3) is 47.2. The highest BCUT2D eigenvalue weighted by Crippen LogP contribution is 2.43. The van der Waals surface area contributed by atoms with E-state index >= 15 is 0 Å². The number of hydrogen-bond donors (Lipinski definition) is 3. The summed E-state index contributed by atoms with van der Waals surface area (Å²) in [5.74, 6) is -1.01. The highest BCUT2D eigenvalue weighted by Gasteiger charge is 2.27. The van der Waals surface area contributed by atoms with Gasteiger partial charge in [0.1, 0.15) is 12.7 Å². The average Bonchev–Trinajstić information content (AvgIpc) is 3.27. The van der Waals surface area contributed by atoms with Crippen molar-refractivity contribution in [2.45, 2.75) is 219 Å². The molecule has 0 heterocycles. The van der Waals surface area contributed by atoms with Crippen LogP contribution in [0.1, 0.15) is 206 Å². The molecule has 0 aromatic rings. The van der Waals surface area contributed by atoms with Crippen molar-refractivity contribution in [2.24, 2.45) is 0 Å². The molecular formula is C52H91O10P. The second-order valence-corrected chi connectivity index (χ2v) is 17.9. The number of esters is 2. The molecule has 0 saturated carbocycles. The van der Waals surface area contributed by atoms with Gasteiger partial charge in [-0.2, -0.15) is 0 Å². The van der Waals surface area contributed by atoms with E-state index < -0.39 is 51.8 Å². The number of phosphoric ester groups is 1. The fraction of sp³-hybridized carbons (Fsp3) is 0.731. The summed E-state index contributed by atoms with van der Waals surface area (Å²) < 4.78 is 32.7. The van der Waals surface area contributed by atoms with Crippen LogP contribution in [-0.2, 0) is 32.7 Å². The Morgan fingerprint density at radius 2 is 0.889 bits per heavy atom. The number of phosphoric acid groups is 1. The van der Waals surface area contributed by atoms with E-state index in [1.54, 1.807) is 0 Å². The van der Waals surface area contributed by atoms with E-state index in [1.165, 1.54) is 96.3 Å². The van der Waals surface area contributed by atoms with E-state index in [1.807, 2.05) is 0 Å². The van der Waals surface area contributed by atoms with Gasteiger partial charge < -0.3 is 24.6 Å². The van der Waals surface area contributed by atoms with E-state index in [2.05, 4.69) is 86.8 Å². The number of carbonyl (C=O) groups excluding carboxylic acids is 2. The van der Waals surface area contributed by atoms with Gasteiger partial charge in [-0.25, -0.2) is 4.57 Å². The normalized spacial score (nSPS) is 14.3. The van der Waals surface area contributed by atoms with Crippen molar-refractivity contribution in [3.63, 3.8) is 0 Å². The number of rotatable bonds is 46. The number of aliphatic hydroxyl groups excluding tert-OH is 2. The van der Waals surface area contributed by atoms with Gasteiger partial charge in [-0.15, -0.1) is 0 Å². The summed E-state index contributed by atoms with van der Waals surface area (Å²) in [6, 6.07) is 0. The molecule has 0 saturated heterocycles. The van der Waals surface area contributed by atoms with Crippen LogP contribution in [0.15, 0.2) is 72.9 Å². The van der Waals surface area contributed by atoms with Gasteiger partial charge in [-0.3, -0.25) is 18.6 Å². The minimum Gasteiger partial charge on any atom is -0.462 e. The quantitative estimate of drug-likeness (QED) is 0.0233. The first-order chi connectivity index (χ1) is 30.7. The average molecular weight is 907 g/mol. The molecule has 0 aromatic carbocycles. The van der Waals surface area contributed by atoms with Gasteiger partial charge in [-0.1, -0.05) is 183 Å². The standard InChI is InChI=1S/C52H91O10P/c1-3-5-7-9-11-13-15-17-19-21-22-23-24-25-26-28-30-32-34-36-38-40-42-44-52(56)62-50(48-61-63(57,58)60-46-49(54)45-53)47-59-51(55)43-41-39-37-35-33-31-29-27-20-18-16-14-12-10-8-6-4-2/h8,10,14,16,20,27-28,30-31,33,36,38,49-50,53-54H,3-7,9,11-13,15,17-19,21-26,29,32,34-35,37,39-48H2,1-2H3,(H,57,58)/b10-8+,16-14+,27-20+,30-28+,33-31+,38-36+/t49-,50+/m0/s1. The lowest BCUT2D eigenvalue weighted by Gasteiger charge is -2.20. The topological polar surface area (TPSA) is 149 Å². The Bertz CT molecular complexity index is 1270. The van der Waals surface area contributed by atoms with E-state index in [-0.39, 0.29) is 19.4 Å². The molecule has 0 radical (unpaired) electrons. The largest absolute Gasteiger partial charge is 0.472 e. The van der Waals surface area contributed by atoms with Crippen LogP contribution in [0.2, 0.25) is 0 Å². The second kappa shape index (κ2) is 47.4. The van der Waals surface area contributed by atoms with Crippen molar-refractivity contribution in [3.8, 4) is 0 Å². The number of carbonyl (C=O) groups is 2. The summed E-state index contributed by atoms with van der Waals surface area (Å²) in [7, 11) is -4.64. The predicted molar refractivity (Wildman–Crippen MR) is 260 cm³/mol. The molecule has 63 heavy (non-hydrogen) atoms. The van der Waals surface area contributed by atoms with Crippen molar-refractivity contribution in [1.82, 2.24) is 0 Å². The summed E-state index contributed by atoms with van der Waals surface area (Å²) >= 11 is 0. The third-order valence-electron chi connectivity index (χ3n) is 10.3. The molecular weight excluding hydrogens is 816 g/mol. The fourth-order valence-corrected chi connectivity index (χ4v) is 7.26. The Balaban J connectivity index is 4.30. The molecule has 0 spiro atoms. The Labute approximate surface area is 384 Å². The highest BCUT2D eigenvalue weighted by molar-refractivity contribution is 7.47. The van der Waals surface area contributed by atoms with Gasteiger partial charge in [-0.05, 0) is 83.5 Å². The Morgan fingerprint density at radius 3 is 1.41 bits per heavy atom. The maximum atomic E-state index is 12.7. The van der Waals surface area contributed by atoms with Crippen molar-refractivity contribution in [1.29, 1.82) is 0 Å². The van der Waals surface area contributed by atoms with Gasteiger partial charge in [0.05, 0.1) is 19.8 Å². The molecule has 3 N–H and O–H groups in total. The number of hydrogen-bond acceptors (Lipinski definition) is 9. The van der Waals surface area contributed by atoms with Crippen molar-refractivity contribution in [3.05, 3.63) is 72.9 Å². The predicted octanol–water partition coefficient (Wildman–Crippen LogP) is 14.0. The summed E-state index contributed by atoms with van der Waals surface area (Å²) in [6.07, 6.45) is 56.0. The van der Waals surface area contributed by atoms with Crippen LogP contribution in [0.25, 0.3) is 0 Å². The molecule has 0 bridgehead atoms. The highest BCUT2D eigenvalue weighted by atomic mass is 31.2. The first-order valence-electron chi connectivity index (χ1n) is 24.9. The number of ether oxygens (including phenoxy) is 2. The van der Waals surface area contributed by atoms with E-state index in [0.29, 0.717) is 19.3 Å². The molecule has 1 unspecified atom stereocenters. The Morgan fingerprint density at radius 1 is 0.476 bits per heavy atom. The van der Waals surface area contributed by atoms with Crippen molar-refractivity contribution >= 4 is 19.8 Å². The SMILES string of the molecule is CCC/C=C/C/C=C/C/C=C/C/C=C/CCCCCC(=O)OC[C@H](COP(=O)(O)OC[C@@H](O)CO)OC(=O)CCC/C=C/CC/C=C/CCCCCCCCCCCCCCCC. The van der Waals surface area contributed by atoms with Crippen LogP contribution in [0.5, 0.6) is 0 Å². The minimum absolute atomic E-state index is 0.114. The molecule has 0 fully saturated rings. The van der Waals surface area contributed by atoms with Gasteiger partial charge in [0, 0.05) is 12.8 Å². The van der Waals surface area contributed by atoms with Crippen LogP contribution in [0.3, 0.4) is 0 Å². The van der Waals surface area contributed by atoms with Gasteiger partial charge in [0.25, 0.3) is 0 Å². The molecule has 11 heteroatoms. The fourth-order valence-electron chi connectivity index (χ4n) is 6.48. The lowest BCUT2D eigenvalue weighted by Crippen LogP contribution is -2.29. The van der Waals surface area contributed by atoms with Crippen LogP contribution in [0, 0.1) is 0 Å². The van der Waals surface area contributed by atoms with Crippen molar-refractivity contribution in [2.75, 3.05) is 26.4 Å². The first-order valence-corrected chi connectivity index (χ1v) is 26.4. The summed E-state index contributed by atoms with van der Waals surface area (Å²) in [5, 5.41) is 18.4. The third-order valence-corrected chi connectivity index (χ3v) is 11.2. The number of allylic oxidation sites excluding steroid dienone is 12. The summed E-state index contributed by atoms with van der Waals surface area (Å²) in [4.78, 5) is 35.1. The molecule has 0 aliphatic rings. The van der Waals surface area contributed by atoms with E-state index in [4.69, 9.17) is 23.6 Å². The lowest BCUT2D eigenvalue weighted by molar-refractivity contribution is -0.161. The van der Waals surface area contributed by atoms with Gasteiger partial charge in [0.2, 0.25) is 0 Å². The number of unbranched alkanes of at least 4 members (excludes halogenated alkanes) is 20. The van der Waals surface area contributed by atoms with E-state index in [9.17, 15) is 24.2 Å². The first kappa shape index (κ1) is 60.4. The molecule has 0 aliphatic carbocycles. The van der Waals surface area contributed by atoms with Crippen LogP contribution < -0.4 is 0 Å². The van der Waals surface area contributed by atoms with Crippen LogP contribution >= 0.6 is 7.82 Å². The van der Waals surface area contributed by atoms with Crippen molar-refractivity contribution < 1.29 is 47.8 Å². The molecule has 10 nitrogen and oxygen atoms in total. The lowest BCUT2D eigenvalue weighted by atomic mass is 10.0. The maximum absolute atomic E-state index is 12.7. The summed E-state index contributed by atoms with van der Waals surface area (Å²) in [5.41, 5.74) is 0. The minimum atomic E-state index is -4.64. The second-order valence-electron chi connectivity index (χ2n) is 16.5. The number of aliphatic hydroxyl groups is 2. The molecule has 364 valence electrons. The maximum Gasteiger partial charge on any atom is 0.472 e. The van der Waals surface area contributed by atoms with Gasteiger partial charge >= 0.3 is 19.8 Å². The zero-order chi connectivity index (χ0) is 46.2. The van der Waals surface area contributed by atoms with Crippen LogP contribution in [-0.4, -0.2) is 65.7 Å². The van der Waals surface area contributed by atoms with E-state index in [0.717, 1.165) is 64.2 Å². The molecule has 0 rings (SSSR count). The molecule has 0 aliphatic heterocycles. The monoisotopic (exact) mass is 907 g/mol. The zero-order valence-corrected chi connectivity index (χ0v) is 40.7. The molecule has 0 aromatic heterocycles. The molecule has 0 amide bonds. The smallest absolute Gasteiger partial charge is 0.462 e. The Hall–Kier alpha value is -2.59.